The van der Waals surface area contributed by atoms with E-state index in [0.29, 0.717) is 17.9 Å². The number of hydrazone groups is 1. The van der Waals surface area contributed by atoms with E-state index < -0.39 is 5.82 Å². The second-order valence-electron chi connectivity index (χ2n) is 6.19. The molecule has 0 radical (unpaired) electrons. The van der Waals surface area contributed by atoms with E-state index in [1.165, 1.54) is 18.5 Å². The van der Waals surface area contributed by atoms with Crippen LogP contribution in [0.2, 0.25) is 0 Å². The molecule has 0 aliphatic carbocycles. The number of aliphatic imine (C=N–C) groups is 1. The first kappa shape index (κ1) is 20.6. The Labute approximate surface area is 159 Å². The van der Waals surface area contributed by atoms with Crippen LogP contribution in [-0.2, 0) is 0 Å². The molecule has 7 nitrogen and oxygen atoms in total. The zero-order valence-corrected chi connectivity index (χ0v) is 16.1. The molecule has 3 N–H and O–H groups in total. The molecular weight excluding hydrogens is 347 g/mol. The van der Waals surface area contributed by atoms with Crippen LogP contribution in [0, 0.1) is 5.82 Å². The predicted octanol–water partition coefficient (Wildman–Crippen LogP) is 2.40. The van der Waals surface area contributed by atoms with Gasteiger partial charge in [0.25, 0.3) is 0 Å². The molecule has 1 aromatic carbocycles. The molecule has 0 saturated carbocycles. The number of hydrogen-bond donors (Lipinski definition) is 2. The number of rotatable bonds is 8. The number of hydrogen-bond acceptors (Lipinski definition) is 7. The van der Waals surface area contributed by atoms with Crippen molar-refractivity contribution >= 4 is 17.9 Å². The fourth-order valence-corrected chi connectivity index (χ4v) is 2.43. The van der Waals surface area contributed by atoms with Crippen molar-refractivity contribution in [2.75, 3.05) is 39.0 Å². The summed E-state index contributed by atoms with van der Waals surface area (Å²) < 4.78 is 19.8. The lowest BCUT2D eigenvalue weighted by molar-refractivity contribution is 0.351. The molecule has 0 atom stereocenters. The maximum Gasteiger partial charge on any atom is 0.247 e. The van der Waals surface area contributed by atoms with Crippen LogP contribution in [0.3, 0.4) is 0 Å². The summed E-state index contributed by atoms with van der Waals surface area (Å²) in [5.41, 5.74) is 7.49. The van der Waals surface area contributed by atoms with E-state index in [1.807, 2.05) is 6.92 Å². The van der Waals surface area contributed by atoms with E-state index in [9.17, 15) is 4.39 Å². The Bertz CT molecular complexity index is 759. The lowest BCUT2D eigenvalue weighted by Gasteiger charge is -2.24. The molecular formula is C19H27FN6O. The van der Waals surface area contributed by atoms with E-state index >= 15 is 0 Å². The number of nitrogens with two attached hydrogens (primary N) is 1. The Morgan fingerprint density at radius 1 is 1.48 bits per heavy atom. The number of likely N-dealkylation sites (N-methyl/N-ethyl adjacent to an activating group) is 1. The second-order valence-corrected chi connectivity index (χ2v) is 6.19. The topological polar surface area (TPSA) is 78.5 Å². The number of ether oxygens (including phenoxy) is 1. The molecule has 0 fully saturated rings. The van der Waals surface area contributed by atoms with Crippen LogP contribution in [0.5, 0.6) is 5.75 Å². The highest BCUT2D eigenvalue weighted by molar-refractivity contribution is 6.00. The first-order valence-corrected chi connectivity index (χ1v) is 8.80. The van der Waals surface area contributed by atoms with Crippen molar-refractivity contribution in [2.24, 2.45) is 10.1 Å². The zero-order chi connectivity index (χ0) is 19.8. The van der Waals surface area contributed by atoms with Crippen molar-refractivity contribution in [3.63, 3.8) is 0 Å². The Balaban J connectivity index is 2.17. The third-order valence-corrected chi connectivity index (χ3v) is 4.12. The van der Waals surface area contributed by atoms with Gasteiger partial charge in [0.2, 0.25) is 5.90 Å². The van der Waals surface area contributed by atoms with E-state index in [4.69, 9.17) is 10.5 Å². The van der Waals surface area contributed by atoms with Crippen LogP contribution in [-0.4, -0.2) is 55.4 Å². The summed E-state index contributed by atoms with van der Waals surface area (Å²) in [5.74, 6) is -0.258. The third kappa shape index (κ3) is 5.63. The molecule has 0 bridgehead atoms. The molecule has 27 heavy (non-hydrogen) atoms. The summed E-state index contributed by atoms with van der Waals surface area (Å²) in [6.45, 7) is 11.2. The minimum atomic E-state index is -0.553. The minimum Gasteiger partial charge on any atom is -0.434 e. The monoisotopic (exact) mass is 374 g/mol. The lowest BCUT2D eigenvalue weighted by atomic mass is 10.2. The smallest absolute Gasteiger partial charge is 0.247 e. The number of halogens is 1. The van der Waals surface area contributed by atoms with Gasteiger partial charge in [0.05, 0.1) is 0 Å². The van der Waals surface area contributed by atoms with Crippen molar-refractivity contribution in [1.29, 1.82) is 0 Å². The van der Waals surface area contributed by atoms with Gasteiger partial charge in [0, 0.05) is 37.6 Å². The summed E-state index contributed by atoms with van der Waals surface area (Å²) in [5, 5.41) is 9.11. The van der Waals surface area contributed by atoms with Crippen LogP contribution in [0.15, 0.2) is 52.3 Å². The average molecular weight is 374 g/mol. The van der Waals surface area contributed by atoms with Gasteiger partial charge in [-0.15, -0.1) is 0 Å². The Morgan fingerprint density at radius 3 is 2.93 bits per heavy atom. The molecule has 0 amide bonds. The maximum atomic E-state index is 14.1. The molecule has 146 valence electrons. The standard InChI is InChI=1S/C19H27FN6O/c1-5-25(4)10-9-22-12-14(3)18-19(23-13-24-26(18)6-2)27-17-8-7-15(21)11-16(17)20/h6-8,11,13,22H,2,5,9-10,12,21H2,1,3-4H3/b18-14+. The Hall–Kier alpha value is -2.71. The van der Waals surface area contributed by atoms with Crippen molar-refractivity contribution in [1.82, 2.24) is 15.2 Å². The predicted molar refractivity (Wildman–Crippen MR) is 108 cm³/mol. The number of nitrogens with one attached hydrogen (secondary N) is 1. The largest absolute Gasteiger partial charge is 0.434 e. The molecule has 1 aliphatic heterocycles. The summed E-state index contributed by atoms with van der Waals surface area (Å²) in [7, 11) is 2.07. The first-order valence-electron chi connectivity index (χ1n) is 8.80. The van der Waals surface area contributed by atoms with Crippen LogP contribution >= 0.6 is 0 Å². The first-order chi connectivity index (χ1) is 13.0. The van der Waals surface area contributed by atoms with Gasteiger partial charge in [-0.25, -0.2) is 9.40 Å². The van der Waals surface area contributed by atoms with Gasteiger partial charge in [0.1, 0.15) is 12.0 Å². The number of benzene rings is 1. The molecule has 0 unspecified atom stereocenters. The Kier molecular flexibility index (Phi) is 7.51. The third-order valence-electron chi connectivity index (χ3n) is 4.12. The van der Waals surface area contributed by atoms with Gasteiger partial charge in [-0.1, -0.05) is 13.5 Å². The summed E-state index contributed by atoms with van der Waals surface area (Å²) in [4.78, 5) is 6.40. The zero-order valence-electron chi connectivity index (χ0n) is 16.1. The number of anilines is 1. The van der Waals surface area contributed by atoms with Crippen molar-refractivity contribution in [3.8, 4) is 5.75 Å². The Morgan fingerprint density at radius 2 is 2.26 bits per heavy atom. The average Bonchev–Trinajstić information content (AvgIpc) is 2.66. The molecule has 0 aromatic heterocycles. The molecule has 0 saturated heterocycles. The number of nitrogen functional groups attached to an aromatic ring is 1. The van der Waals surface area contributed by atoms with Gasteiger partial charge in [-0.2, -0.15) is 10.1 Å². The maximum absolute atomic E-state index is 14.1. The van der Waals surface area contributed by atoms with Crippen LogP contribution in [0.25, 0.3) is 0 Å². The van der Waals surface area contributed by atoms with E-state index in [1.54, 1.807) is 17.3 Å². The van der Waals surface area contributed by atoms with Gasteiger partial charge in [0.15, 0.2) is 11.6 Å². The molecule has 1 heterocycles. The van der Waals surface area contributed by atoms with Crippen LogP contribution < -0.4 is 15.8 Å². The molecule has 8 heteroatoms. The fraction of sp³-hybridized carbons (Fsp3) is 0.368. The summed E-state index contributed by atoms with van der Waals surface area (Å²) in [6, 6.07) is 4.26. The molecule has 1 aromatic rings. The highest BCUT2D eigenvalue weighted by atomic mass is 19.1. The number of nitrogens with zero attached hydrogens (tertiary/aromatic N) is 4. The molecule has 0 spiro atoms. The minimum absolute atomic E-state index is 0.0464. The summed E-state index contributed by atoms with van der Waals surface area (Å²) >= 11 is 0. The van der Waals surface area contributed by atoms with Gasteiger partial charge >= 0.3 is 0 Å². The normalized spacial score (nSPS) is 15.7. The van der Waals surface area contributed by atoms with Gasteiger partial charge in [-0.05, 0) is 38.2 Å². The quantitative estimate of drug-likeness (QED) is 0.540. The van der Waals surface area contributed by atoms with E-state index in [0.717, 1.165) is 25.2 Å². The SMILES string of the molecule is C=CN1N=CN=C(Oc2ccc(N)cc2F)/C1=C(/C)CNCCN(C)CC. The van der Waals surface area contributed by atoms with E-state index in [2.05, 4.69) is 40.9 Å². The van der Waals surface area contributed by atoms with E-state index in [-0.39, 0.29) is 11.6 Å². The molecule has 2 rings (SSSR count). The van der Waals surface area contributed by atoms with Gasteiger partial charge in [-0.3, -0.25) is 0 Å². The summed E-state index contributed by atoms with van der Waals surface area (Å²) in [6.07, 6.45) is 2.89. The van der Waals surface area contributed by atoms with Crippen molar-refractivity contribution in [3.05, 3.63) is 48.1 Å². The van der Waals surface area contributed by atoms with Crippen LogP contribution in [0.1, 0.15) is 13.8 Å². The molecule has 1 aliphatic rings. The highest BCUT2D eigenvalue weighted by Crippen LogP contribution is 2.24. The van der Waals surface area contributed by atoms with Crippen molar-refractivity contribution < 1.29 is 9.13 Å². The van der Waals surface area contributed by atoms with Crippen molar-refractivity contribution in [2.45, 2.75) is 13.8 Å². The lowest BCUT2D eigenvalue weighted by Crippen LogP contribution is -2.32. The fourth-order valence-electron chi connectivity index (χ4n) is 2.43. The van der Waals surface area contributed by atoms with Gasteiger partial charge < -0.3 is 20.7 Å². The van der Waals surface area contributed by atoms with Crippen LogP contribution in [0.4, 0.5) is 10.1 Å². The second kappa shape index (κ2) is 9.84. The highest BCUT2D eigenvalue weighted by Gasteiger charge is 2.22.